The van der Waals surface area contributed by atoms with E-state index in [4.69, 9.17) is 10.2 Å². The molecule has 4 rings (SSSR count). The Morgan fingerprint density at radius 2 is 1.36 bits per heavy atom. The molecule has 0 aromatic heterocycles. The first-order valence-corrected chi connectivity index (χ1v) is 6.01. The van der Waals surface area contributed by atoms with Crippen molar-refractivity contribution in [2.75, 3.05) is 0 Å². The fraction of sp³-hybridized carbons (Fsp3) is 1.00. The average molecular weight is 196 g/mol. The van der Waals surface area contributed by atoms with Crippen LogP contribution in [0.5, 0.6) is 0 Å². The second-order valence-electron chi connectivity index (χ2n) is 6.10. The molecule has 80 valence electrons. The first-order valence-electron chi connectivity index (χ1n) is 6.01. The van der Waals surface area contributed by atoms with Gasteiger partial charge >= 0.3 is 0 Å². The van der Waals surface area contributed by atoms with E-state index in [1.54, 1.807) is 0 Å². The Morgan fingerprint density at radius 3 is 1.71 bits per heavy atom. The molecule has 0 aliphatic heterocycles. The number of aliphatic hydroxyl groups is 2. The fourth-order valence-electron chi connectivity index (χ4n) is 4.93. The van der Waals surface area contributed by atoms with Gasteiger partial charge in [0.2, 0.25) is 0 Å². The van der Waals surface area contributed by atoms with Gasteiger partial charge in [0.05, 0.1) is 0 Å². The summed E-state index contributed by atoms with van der Waals surface area (Å²) in [6, 6.07) is 0. The summed E-state index contributed by atoms with van der Waals surface area (Å²) < 4.78 is 0. The predicted molar refractivity (Wildman–Crippen MR) is 53.4 cm³/mol. The second-order valence-corrected chi connectivity index (χ2v) is 6.10. The van der Waals surface area contributed by atoms with E-state index in [1.165, 1.54) is 38.5 Å². The van der Waals surface area contributed by atoms with E-state index in [0.717, 1.165) is 17.8 Å². The van der Waals surface area contributed by atoms with Gasteiger partial charge in [0.25, 0.3) is 0 Å². The third-order valence-corrected chi connectivity index (χ3v) is 4.78. The predicted octanol–water partition coefficient (Wildman–Crippen LogP) is 1.90. The Balaban J connectivity index is 1.80. The first kappa shape index (κ1) is 9.17. The van der Waals surface area contributed by atoms with Gasteiger partial charge in [-0.3, -0.25) is 0 Å². The highest BCUT2D eigenvalue weighted by atomic mass is 16.5. The Kier molecular flexibility index (Phi) is 1.94. The maximum atomic E-state index is 9.17. The monoisotopic (exact) mass is 196 g/mol. The topological polar surface area (TPSA) is 40.5 Å². The Labute approximate surface area is 85.3 Å². The van der Waals surface area contributed by atoms with Crippen molar-refractivity contribution in [1.29, 1.82) is 0 Å². The van der Waals surface area contributed by atoms with Crippen LogP contribution in [0.3, 0.4) is 0 Å². The van der Waals surface area contributed by atoms with Gasteiger partial charge < -0.3 is 10.2 Å². The van der Waals surface area contributed by atoms with Crippen LogP contribution in [0.25, 0.3) is 0 Å². The van der Waals surface area contributed by atoms with Crippen LogP contribution in [0.1, 0.15) is 44.9 Å². The molecule has 0 aromatic carbocycles. The van der Waals surface area contributed by atoms with Crippen LogP contribution >= 0.6 is 0 Å². The van der Waals surface area contributed by atoms with Crippen molar-refractivity contribution in [3.05, 3.63) is 0 Å². The Hall–Kier alpha value is -0.0800. The number of hydrogen-bond donors (Lipinski definition) is 2. The van der Waals surface area contributed by atoms with E-state index >= 15 is 0 Å². The molecule has 2 N–H and O–H groups in total. The smallest absolute Gasteiger partial charge is 0.151 e. The number of rotatable bonds is 2. The quantitative estimate of drug-likeness (QED) is 0.662. The molecule has 4 aliphatic rings. The van der Waals surface area contributed by atoms with Gasteiger partial charge in [0.15, 0.2) is 6.29 Å². The average Bonchev–Trinajstić information content (AvgIpc) is 1.96. The van der Waals surface area contributed by atoms with E-state index in [1.807, 2.05) is 0 Å². The van der Waals surface area contributed by atoms with Crippen LogP contribution in [0.4, 0.5) is 0 Å². The largest absolute Gasteiger partial charge is 0.368 e. The molecule has 14 heavy (non-hydrogen) atoms. The second kappa shape index (κ2) is 2.96. The van der Waals surface area contributed by atoms with Gasteiger partial charge in [-0.2, -0.15) is 0 Å². The number of aliphatic hydroxyl groups excluding tert-OH is 1. The maximum absolute atomic E-state index is 9.17. The SMILES string of the molecule is OC(O)CC12CC3CC(CC(C3)C1)C2. The zero-order valence-electron chi connectivity index (χ0n) is 8.65. The molecule has 0 spiro atoms. The van der Waals surface area contributed by atoms with E-state index in [2.05, 4.69) is 0 Å². The summed E-state index contributed by atoms with van der Waals surface area (Å²) in [4.78, 5) is 0. The molecule has 4 aliphatic carbocycles. The lowest BCUT2D eigenvalue weighted by molar-refractivity contribution is -0.126. The molecule has 0 saturated heterocycles. The van der Waals surface area contributed by atoms with Crippen LogP contribution in [0.15, 0.2) is 0 Å². The highest BCUT2D eigenvalue weighted by molar-refractivity contribution is 5.01. The Bertz CT molecular complexity index is 193. The molecule has 0 unspecified atom stereocenters. The summed E-state index contributed by atoms with van der Waals surface area (Å²) >= 11 is 0. The highest BCUT2D eigenvalue weighted by Crippen LogP contribution is 2.61. The lowest BCUT2D eigenvalue weighted by atomic mass is 9.49. The van der Waals surface area contributed by atoms with Gasteiger partial charge in [0, 0.05) is 6.42 Å². The molecule has 0 aromatic rings. The van der Waals surface area contributed by atoms with Crippen molar-refractivity contribution in [2.45, 2.75) is 51.2 Å². The first-order chi connectivity index (χ1) is 6.65. The molecule has 0 heterocycles. The van der Waals surface area contributed by atoms with Gasteiger partial charge in [-0.15, -0.1) is 0 Å². The van der Waals surface area contributed by atoms with Crippen molar-refractivity contribution in [3.63, 3.8) is 0 Å². The van der Waals surface area contributed by atoms with Gasteiger partial charge in [-0.05, 0) is 61.7 Å². The minimum Gasteiger partial charge on any atom is -0.368 e. The summed E-state index contributed by atoms with van der Waals surface area (Å²) in [5, 5.41) is 18.3. The van der Waals surface area contributed by atoms with Crippen LogP contribution in [0, 0.1) is 23.2 Å². The lowest BCUT2D eigenvalue weighted by Gasteiger charge is -2.57. The van der Waals surface area contributed by atoms with Crippen molar-refractivity contribution in [3.8, 4) is 0 Å². The molecule has 4 fully saturated rings. The summed E-state index contributed by atoms with van der Waals surface area (Å²) in [6.07, 6.45) is 7.68. The third-order valence-electron chi connectivity index (χ3n) is 4.78. The highest BCUT2D eigenvalue weighted by Gasteiger charge is 2.51. The zero-order valence-corrected chi connectivity index (χ0v) is 8.65. The normalized spacial score (nSPS) is 50.4. The van der Waals surface area contributed by atoms with Gasteiger partial charge in [-0.25, -0.2) is 0 Å². The molecule has 4 saturated carbocycles. The zero-order chi connectivity index (χ0) is 9.76. The standard InChI is InChI=1S/C12H20O2/c13-11(14)7-12-4-8-1-9(5-12)3-10(2-8)6-12/h8-11,13-14H,1-7H2. The minimum atomic E-state index is -1.08. The van der Waals surface area contributed by atoms with Crippen molar-refractivity contribution < 1.29 is 10.2 Å². The molecule has 2 nitrogen and oxygen atoms in total. The van der Waals surface area contributed by atoms with Crippen molar-refractivity contribution >= 4 is 0 Å². The summed E-state index contributed by atoms with van der Waals surface area (Å²) in [7, 11) is 0. The number of hydrogen-bond acceptors (Lipinski definition) is 2. The molecule has 0 amide bonds. The van der Waals surface area contributed by atoms with Crippen LogP contribution in [-0.2, 0) is 0 Å². The fourth-order valence-corrected chi connectivity index (χ4v) is 4.93. The van der Waals surface area contributed by atoms with Crippen molar-refractivity contribution in [2.24, 2.45) is 23.2 Å². The van der Waals surface area contributed by atoms with Gasteiger partial charge in [0.1, 0.15) is 0 Å². The van der Waals surface area contributed by atoms with E-state index in [-0.39, 0.29) is 0 Å². The molecule has 0 radical (unpaired) electrons. The minimum absolute atomic E-state index is 0.322. The van der Waals surface area contributed by atoms with Crippen LogP contribution in [-0.4, -0.2) is 16.5 Å². The molecular formula is C12H20O2. The van der Waals surface area contributed by atoms with E-state index in [0.29, 0.717) is 11.8 Å². The van der Waals surface area contributed by atoms with Crippen LogP contribution < -0.4 is 0 Å². The lowest BCUT2D eigenvalue weighted by Crippen LogP contribution is -2.47. The molecule has 2 heteroatoms. The summed E-state index contributed by atoms with van der Waals surface area (Å²) in [5.41, 5.74) is 0.322. The summed E-state index contributed by atoms with van der Waals surface area (Å²) in [6.45, 7) is 0. The van der Waals surface area contributed by atoms with Crippen LogP contribution in [0.2, 0.25) is 0 Å². The van der Waals surface area contributed by atoms with Crippen molar-refractivity contribution in [1.82, 2.24) is 0 Å². The maximum Gasteiger partial charge on any atom is 0.151 e. The van der Waals surface area contributed by atoms with E-state index in [9.17, 15) is 0 Å². The molecule has 0 atom stereocenters. The Morgan fingerprint density at radius 1 is 0.929 bits per heavy atom. The van der Waals surface area contributed by atoms with E-state index < -0.39 is 6.29 Å². The molecular weight excluding hydrogens is 176 g/mol. The van der Waals surface area contributed by atoms with Gasteiger partial charge in [-0.1, -0.05) is 0 Å². The molecule has 4 bridgehead atoms. The summed E-state index contributed by atoms with van der Waals surface area (Å²) in [5.74, 6) is 2.75. The third kappa shape index (κ3) is 1.40.